The first kappa shape index (κ1) is 35.7. The van der Waals surface area contributed by atoms with Gasteiger partial charge in [0.2, 0.25) is 0 Å². The van der Waals surface area contributed by atoms with Gasteiger partial charge in [-0.3, -0.25) is 9.36 Å². The van der Waals surface area contributed by atoms with Crippen molar-refractivity contribution < 1.29 is 37.3 Å². The minimum Gasteiger partial charge on any atom is -0.756 e. The van der Waals surface area contributed by atoms with E-state index in [1.807, 2.05) is 0 Å². The van der Waals surface area contributed by atoms with Crippen molar-refractivity contribution in [2.24, 2.45) is 0 Å². The van der Waals surface area contributed by atoms with Crippen LogP contribution in [0.4, 0.5) is 0 Å². The highest BCUT2D eigenvalue weighted by molar-refractivity contribution is 7.45. The number of carbonyl (C=O) groups is 1. The lowest BCUT2D eigenvalue weighted by atomic mass is 9.98. The largest absolute Gasteiger partial charge is 0.756 e. The third kappa shape index (κ3) is 13.6. The fraction of sp³-hybridized carbons (Fsp3) is 0.968. The number of quaternary nitrogens is 1. The SMILES string of the molecule is CCCCCCCCCCCCCCCCOC(C)C(COP(=O)([O-])OC1CC2CCC(C1)[N+]2(C)C)OC(C)=O. The normalized spacial score (nSPS) is 24.9. The average Bonchev–Trinajstić information content (AvgIpc) is 3.03. The minimum absolute atomic E-state index is 0.304. The van der Waals surface area contributed by atoms with Crippen molar-refractivity contribution in [1.29, 1.82) is 0 Å². The molecular weight excluding hydrogens is 529 g/mol. The molecule has 0 aromatic heterocycles. The zero-order valence-corrected chi connectivity index (χ0v) is 27.2. The molecule has 236 valence electrons. The molecule has 2 fully saturated rings. The van der Waals surface area contributed by atoms with Crippen LogP contribution in [-0.2, 0) is 27.9 Å². The van der Waals surface area contributed by atoms with E-state index in [4.69, 9.17) is 18.5 Å². The first-order valence-corrected chi connectivity index (χ1v) is 17.8. The molecule has 2 aliphatic heterocycles. The van der Waals surface area contributed by atoms with Gasteiger partial charge in [-0.1, -0.05) is 90.4 Å². The number of carbonyl (C=O) groups excluding carboxylic acids is 1. The monoisotopic (exact) mass is 589 g/mol. The molecule has 40 heavy (non-hydrogen) atoms. The maximum atomic E-state index is 12.6. The number of piperidine rings is 1. The molecule has 5 atom stereocenters. The van der Waals surface area contributed by atoms with Crippen LogP contribution < -0.4 is 4.89 Å². The Bertz CT molecular complexity index is 733. The van der Waals surface area contributed by atoms with Gasteiger partial charge in [-0.25, -0.2) is 0 Å². The van der Waals surface area contributed by atoms with E-state index in [0.717, 1.165) is 30.2 Å². The van der Waals surface area contributed by atoms with Crippen LogP contribution in [0, 0.1) is 0 Å². The van der Waals surface area contributed by atoms with Crippen LogP contribution in [0.5, 0.6) is 0 Å². The number of unbranched alkanes of at least 4 members (excludes halogenated alkanes) is 13. The number of hydrogen-bond acceptors (Lipinski definition) is 7. The predicted molar refractivity (Wildman–Crippen MR) is 158 cm³/mol. The second kappa shape index (κ2) is 18.9. The third-order valence-corrected chi connectivity index (χ3v) is 10.2. The van der Waals surface area contributed by atoms with Crippen LogP contribution in [0.3, 0.4) is 0 Å². The lowest BCUT2D eigenvalue weighted by molar-refractivity contribution is -0.931. The number of ether oxygens (including phenoxy) is 2. The summed E-state index contributed by atoms with van der Waals surface area (Å²) in [6.07, 6.45) is 20.1. The number of phosphoric ester groups is 1. The maximum absolute atomic E-state index is 12.6. The second-order valence-electron chi connectivity index (χ2n) is 12.8. The van der Waals surface area contributed by atoms with Crippen LogP contribution in [0.15, 0.2) is 0 Å². The summed E-state index contributed by atoms with van der Waals surface area (Å²) in [5.41, 5.74) is 0. The Labute approximate surface area is 245 Å². The smallest absolute Gasteiger partial charge is 0.303 e. The standard InChI is InChI=1S/C31H60NO7P/c1-6-7-8-9-10-11-12-13-14-15-16-17-18-19-22-36-26(2)31(38-27(3)33)25-37-40(34,35)39-30-23-28-20-21-29(24-30)32(28,4)5/h26,28-31H,6-25H2,1-5H3. The molecule has 0 aromatic rings. The second-order valence-corrected chi connectivity index (χ2v) is 14.1. The van der Waals surface area contributed by atoms with Crippen molar-refractivity contribution in [2.45, 2.75) is 167 Å². The number of phosphoric acid groups is 1. The van der Waals surface area contributed by atoms with Crippen molar-refractivity contribution in [3.05, 3.63) is 0 Å². The Hall–Kier alpha value is -0.500. The van der Waals surface area contributed by atoms with Gasteiger partial charge in [0.05, 0.1) is 45.0 Å². The van der Waals surface area contributed by atoms with Gasteiger partial charge in [0.1, 0.15) is 0 Å². The Morgan fingerprint density at radius 1 is 0.875 bits per heavy atom. The zero-order chi connectivity index (χ0) is 29.4. The summed E-state index contributed by atoms with van der Waals surface area (Å²) in [7, 11) is -0.0960. The minimum atomic E-state index is -4.53. The highest BCUT2D eigenvalue weighted by Gasteiger charge is 2.49. The van der Waals surface area contributed by atoms with Crippen LogP contribution in [0.1, 0.15) is 136 Å². The summed E-state index contributed by atoms with van der Waals surface area (Å²) < 4.78 is 35.4. The van der Waals surface area contributed by atoms with E-state index in [9.17, 15) is 14.3 Å². The van der Waals surface area contributed by atoms with Crippen LogP contribution >= 0.6 is 7.82 Å². The molecule has 0 N–H and O–H groups in total. The molecule has 0 radical (unpaired) electrons. The van der Waals surface area contributed by atoms with Crippen molar-refractivity contribution >= 4 is 13.8 Å². The van der Waals surface area contributed by atoms with E-state index in [1.54, 1.807) is 6.92 Å². The Balaban J connectivity index is 1.56. The van der Waals surface area contributed by atoms with Gasteiger partial charge in [0, 0.05) is 39.2 Å². The highest BCUT2D eigenvalue weighted by atomic mass is 31.2. The van der Waals surface area contributed by atoms with Gasteiger partial charge < -0.3 is 27.9 Å². The van der Waals surface area contributed by atoms with Crippen molar-refractivity contribution in [2.75, 3.05) is 27.3 Å². The molecule has 0 aliphatic carbocycles. The highest BCUT2D eigenvalue weighted by Crippen LogP contribution is 2.47. The van der Waals surface area contributed by atoms with Gasteiger partial charge in [-0.05, 0) is 13.3 Å². The summed E-state index contributed by atoms with van der Waals surface area (Å²) in [5, 5.41) is 0. The molecule has 2 saturated heterocycles. The molecule has 2 heterocycles. The fourth-order valence-electron chi connectivity index (χ4n) is 6.45. The molecule has 0 spiro atoms. The average molecular weight is 590 g/mol. The number of rotatable bonds is 23. The summed E-state index contributed by atoms with van der Waals surface area (Å²) in [6.45, 7) is 5.59. The number of fused-ring (bicyclic) bond motifs is 2. The molecule has 2 rings (SSSR count). The molecule has 9 heteroatoms. The molecule has 2 aliphatic rings. The quantitative estimate of drug-likeness (QED) is 0.0544. The molecule has 2 bridgehead atoms. The molecule has 8 nitrogen and oxygen atoms in total. The first-order valence-electron chi connectivity index (χ1n) is 16.3. The molecule has 0 saturated carbocycles. The molecule has 0 aromatic carbocycles. The van der Waals surface area contributed by atoms with E-state index in [1.165, 1.54) is 84.0 Å². The topological polar surface area (TPSA) is 94.1 Å². The Morgan fingerprint density at radius 2 is 1.35 bits per heavy atom. The maximum Gasteiger partial charge on any atom is 0.303 e. The van der Waals surface area contributed by atoms with Crippen molar-refractivity contribution in [1.82, 2.24) is 0 Å². The van der Waals surface area contributed by atoms with Gasteiger partial charge in [-0.15, -0.1) is 0 Å². The number of hydrogen-bond donors (Lipinski definition) is 0. The van der Waals surface area contributed by atoms with Crippen LogP contribution in [0.2, 0.25) is 0 Å². The zero-order valence-electron chi connectivity index (χ0n) is 26.3. The lowest BCUT2D eigenvalue weighted by Gasteiger charge is -2.45. The van der Waals surface area contributed by atoms with Crippen molar-refractivity contribution in [3.8, 4) is 0 Å². The summed E-state index contributed by atoms with van der Waals surface area (Å²) >= 11 is 0. The van der Waals surface area contributed by atoms with E-state index in [-0.39, 0.29) is 12.7 Å². The predicted octanol–water partition coefficient (Wildman–Crippen LogP) is 7.08. The molecule has 5 unspecified atom stereocenters. The molecule has 0 amide bonds. The fourth-order valence-corrected chi connectivity index (χ4v) is 7.37. The van der Waals surface area contributed by atoms with Gasteiger partial charge >= 0.3 is 5.97 Å². The number of esters is 1. The Morgan fingerprint density at radius 3 is 1.82 bits per heavy atom. The van der Waals surface area contributed by atoms with E-state index in [0.29, 0.717) is 31.5 Å². The van der Waals surface area contributed by atoms with Gasteiger partial charge in [-0.2, -0.15) is 0 Å². The van der Waals surface area contributed by atoms with Crippen molar-refractivity contribution in [3.63, 3.8) is 0 Å². The van der Waals surface area contributed by atoms with Gasteiger partial charge in [0.15, 0.2) is 6.10 Å². The van der Waals surface area contributed by atoms with E-state index < -0.39 is 26.0 Å². The van der Waals surface area contributed by atoms with Gasteiger partial charge in [0.25, 0.3) is 7.82 Å². The summed E-state index contributed by atoms with van der Waals surface area (Å²) in [5.74, 6) is -0.494. The van der Waals surface area contributed by atoms with E-state index in [2.05, 4.69) is 21.0 Å². The summed E-state index contributed by atoms with van der Waals surface area (Å²) in [4.78, 5) is 24.3. The lowest BCUT2D eigenvalue weighted by Crippen LogP contribution is -2.56. The Kier molecular flexibility index (Phi) is 16.9. The number of nitrogens with zero attached hydrogens (tertiary/aromatic N) is 1. The van der Waals surface area contributed by atoms with Crippen LogP contribution in [-0.4, -0.2) is 68.2 Å². The van der Waals surface area contributed by atoms with E-state index >= 15 is 0 Å². The van der Waals surface area contributed by atoms with Crippen LogP contribution in [0.25, 0.3) is 0 Å². The summed E-state index contributed by atoms with van der Waals surface area (Å²) in [6, 6.07) is 0.835. The first-order chi connectivity index (χ1) is 19.0. The molecular formula is C31H60NO7P. The third-order valence-electron chi connectivity index (χ3n) is 9.18.